The van der Waals surface area contributed by atoms with E-state index >= 15 is 0 Å². The number of ether oxygens (including phenoxy) is 4. The van der Waals surface area contributed by atoms with E-state index in [1.807, 2.05) is 36.4 Å². The molecule has 1 saturated carbocycles. The molecule has 1 heterocycles. The van der Waals surface area contributed by atoms with E-state index in [2.05, 4.69) is 12.1 Å². The molecule has 2 aromatic carbocycles. The molecular formula is C30H38O6S2. The van der Waals surface area contributed by atoms with Gasteiger partial charge in [0.2, 0.25) is 0 Å². The van der Waals surface area contributed by atoms with Crippen LogP contribution in [0.3, 0.4) is 0 Å². The van der Waals surface area contributed by atoms with Gasteiger partial charge in [0, 0.05) is 5.92 Å². The molecule has 38 heavy (non-hydrogen) atoms. The van der Waals surface area contributed by atoms with Crippen LogP contribution in [0.1, 0.15) is 63.0 Å². The van der Waals surface area contributed by atoms with Gasteiger partial charge in [-0.2, -0.15) is 0 Å². The van der Waals surface area contributed by atoms with Gasteiger partial charge in [-0.25, -0.2) is 0 Å². The summed E-state index contributed by atoms with van der Waals surface area (Å²) in [7, 11) is 1.63. The van der Waals surface area contributed by atoms with Crippen LogP contribution in [0.25, 0.3) is 0 Å². The van der Waals surface area contributed by atoms with Crippen molar-refractivity contribution < 1.29 is 28.5 Å². The Morgan fingerprint density at radius 3 is 2.11 bits per heavy atom. The largest absolute Gasteiger partial charge is 0.493 e. The number of esters is 2. The van der Waals surface area contributed by atoms with Crippen molar-refractivity contribution in [2.45, 2.75) is 62.1 Å². The lowest BCUT2D eigenvalue weighted by Gasteiger charge is -2.45. The number of carbonyl (C=O) groups is 2. The van der Waals surface area contributed by atoms with E-state index in [0.29, 0.717) is 11.5 Å². The maximum atomic E-state index is 13.6. The third-order valence-corrected chi connectivity index (χ3v) is 10.6. The van der Waals surface area contributed by atoms with Crippen molar-refractivity contribution in [3.63, 3.8) is 0 Å². The van der Waals surface area contributed by atoms with Crippen LogP contribution in [0.15, 0.2) is 48.5 Å². The molecule has 206 valence electrons. The molecule has 1 aliphatic carbocycles. The van der Waals surface area contributed by atoms with Crippen LogP contribution in [0.4, 0.5) is 0 Å². The molecule has 6 nitrogen and oxygen atoms in total. The summed E-state index contributed by atoms with van der Waals surface area (Å²) in [6.45, 7) is 3.87. The molecule has 2 aliphatic rings. The second-order valence-electron chi connectivity index (χ2n) is 9.48. The Morgan fingerprint density at radius 2 is 1.53 bits per heavy atom. The van der Waals surface area contributed by atoms with Crippen molar-refractivity contribution in [3.05, 3.63) is 59.7 Å². The van der Waals surface area contributed by atoms with E-state index < -0.39 is 27.9 Å². The van der Waals surface area contributed by atoms with Gasteiger partial charge >= 0.3 is 11.9 Å². The summed E-state index contributed by atoms with van der Waals surface area (Å²) in [4.78, 5) is 27.2. The standard InChI is InChI=1S/C30H38O6S2/c1-4-34-28(31)26(29(32)35-5-2)27(30(37-18-11-19-38-30)22-12-7-6-8-13-22)21-16-17-24(33-3)25(20-21)36-23-14-9-10-15-23/h6-8,12-13,16-17,20,23,26-27H,4-5,9-11,14-15,18-19H2,1-3H3. The third-order valence-electron chi connectivity index (χ3n) is 7.06. The summed E-state index contributed by atoms with van der Waals surface area (Å²) in [5.41, 5.74) is 1.89. The summed E-state index contributed by atoms with van der Waals surface area (Å²) >= 11 is 3.58. The highest BCUT2D eigenvalue weighted by Crippen LogP contribution is 2.61. The molecule has 1 unspecified atom stereocenters. The average Bonchev–Trinajstić information content (AvgIpc) is 3.46. The van der Waals surface area contributed by atoms with Crippen LogP contribution < -0.4 is 9.47 Å². The first kappa shape index (κ1) is 28.7. The van der Waals surface area contributed by atoms with Crippen molar-refractivity contribution in [1.82, 2.24) is 0 Å². The Balaban J connectivity index is 1.91. The molecule has 2 aromatic rings. The van der Waals surface area contributed by atoms with Gasteiger partial charge in [-0.15, -0.1) is 23.5 Å². The molecular weight excluding hydrogens is 520 g/mol. The molecule has 0 bridgehead atoms. The van der Waals surface area contributed by atoms with E-state index in [-0.39, 0.29) is 19.3 Å². The van der Waals surface area contributed by atoms with E-state index in [1.54, 1.807) is 44.5 Å². The van der Waals surface area contributed by atoms with Crippen molar-refractivity contribution in [2.24, 2.45) is 5.92 Å². The van der Waals surface area contributed by atoms with Crippen LogP contribution in [-0.4, -0.2) is 49.9 Å². The van der Waals surface area contributed by atoms with Gasteiger partial charge in [-0.3, -0.25) is 9.59 Å². The number of carbonyl (C=O) groups excluding carboxylic acids is 2. The number of benzene rings is 2. The number of rotatable bonds is 11. The average molecular weight is 559 g/mol. The maximum absolute atomic E-state index is 13.6. The fraction of sp³-hybridized carbons (Fsp3) is 0.533. The molecule has 0 spiro atoms. The zero-order chi connectivity index (χ0) is 27.0. The first-order chi connectivity index (χ1) is 18.5. The first-order valence-corrected chi connectivity index (χ1v) is 15.5. The fourth-order valence-electron chi connectivity index (χ4n) is 5.37. The van der Waals surface area contributed by atoms with Crippen molar-refractivity contribution in [2.75, 3.05) is 31.8 Å². The van der Waals surface area contributed by atoms with E-state index in [9.17, 15) is 9.59 Å². The zero-order valence-corrected chi connectivity index (χ0v) is 24.1. The van der Waals surface area contributed by atoms with E-state index in [4.69, 9.17) is 18.9 Å². The molecule has 4 rings (SSSR count). The molecule has 0 aromatic heterocycles. The molecule has 2 fully saturated rings. The van der Waals surface area contributed by atoms with E-state index in [1.165, 1.54) is 0 Å². The molecule has 0 amide bonds. The molecule has 1 atom stereocenters. The summed E-state index contributed by atoms with van der Waals surface area (Å²) in [6, 6.07) is 16.0. The van der Waals surface area contributed by atoms with Gasteiger partial charge in [0.05, 0.1) is 30.5 Å². The lowest BCUT2D eigenvalue weighted by Crippen LogP contribution is -2.43. The Hall–Kier alpha value is -2.32. The van der Waals surface area contributed by atoms with Gasteiger partial charge in [-0.05, 0) is 80.7 Å². The molecule has 0 radical (unpaired) electrons. The van der Waals surface area contributed by atoms with Gasteiger partial charge < -0.3 is 18.9 Å². The summed E-state index contributed by atoms with van der Waals surface area (Å²) in [6.07, 6.45) is 5.49. The minimum atomic E-state index is -1.14. The number of thioether (sulfide) groups is 2. The minimum absolute atomic E-state index is 0.130. The van der Waals surface area contributed by atoms with Crippen molar-refractivity contribution >= 4 is 35.5 Å². The monoisotopic (exact) mass is 558 g/mol. The van der Waals surface area contributed by atoms with Crippen molar-refractivity contribution in [3.8, 4) is 11.5 Å². The topological polar surface area (TPSA) is 71.1 Å². The van der Waals surface area contributed by atoms with Crippen molar-refractivity contribution in [1.29, 1.82) is 0 Å². The Bertz CT molecular complexity index is 1050. The van der Waals surface area contributed by atoms with Gasteiger partial charge in [0.1, 0.15) is 0 Å². The first-order valence-electron chi connectivity index (χ1n) is 13.5. The van der Waals surface area contributed by atoms with Crippen LogP contribution in [0, 0.1) is 5.92 Å². The number of methoxy groups -OCH3 is 1. The normalized spacial score (nSPS) is 18.1. The van der Waals surface area contributed by atoms with Gasteiger partial charge in [0.25, 0.3) is 0 Å². The third kappa shape index (κ3) is 6.28. The number of hydrogen-bond acceptors (Lipinski definition) is 8. The highest BCUT2D eigenvalue weighted by Gasteiger charge is 2.53. The molecule has 1 saturated heterocycles. The molecule has 1 aliphatic heterocycles. The van der Waals surface area contributed by atoms with Gasteiger partial charge in [0.15, 0.2) is 17.4 Å². The zero-order valence-electron chi connectivity index (χ0n) is 22.5. The highest BCUT2D eigenvalue weighted by atomic mass is 32.2. The predicted molar refractivity (Wildman–Crippen MR) is 153 cm³/mol. The predicted octanol–water partition coefficient (Wildman–Crippen LogP) is 6.57. The summed E-state index contributed by atoms with van der Waals surface area (Å²) < 4.78 is 22.5. The SMILES string of the molecule is CCOC(=O)C(C(=O)OCC)C(c1ccc(OC)c(OC2CCCC2)c1)C1(c2ccccc2)SCCCS1. The smallest absolute Gasteiger partial charge is 0.321 e. The second kappa shape index (κ2) is 13.7. The minimum Gasteiger partial charge on any atom is -0.493 e. The second-order valence-corrected chi connectivity index (χ2v) is 12.4. The van der Waals surface area contributed by atoms with Crippen LogP contribution in [0.5, 0.6) is 11.5 Å². The Labute approximate surface area is 234 Å². The molecule has 8 heteroatoms. The maximum Gasteiger partial charge on any atom is 0.321 e. The Morgan fingerprint density at radius 1 is 0.895 bits per heavy atom. The van der Waals surface area contributed by atoms with Crippen LogP contribution in [-0.2, 0) is 23.1 Å². The number of hydrogen-bond donors (Lipinski definition) is 0. The summed E-state index contributed by atoms with van der Waals surface area (Å²) in [5.74, 6) is 0.287. The van der Waals surface area contributed by atoms with E-state index in [0.717, 1.165) is 54.7 Å². The van der Waals surface area contributed by atoms with Crippen LogP contribution >= 0.6 is 23.5 Å². The lowest BCUT2D eigenvalue weighted by atomic mass is 9.80. The fourth-order valence-corrected chi connectivity index (χ4v) is 9.08. The van der Waals surface area contributed by atoms with Crippen LogP contribution in [0.2, 0.25) is 0 Å². The summed E-state index contributed by atoms with van der Waals surface area (Å²) in [5, 5.41) is 0. The quantitative estimate of drug-likeness (QED) is 0.227. The highest BCUT2D eigenvalue weighted by molar-refractivity contribution is 8.18. The lowest BCUT2D eigenvalue weighted by molar-refractivity contribution is -0.163. The molecule has 0 N–H and O–H groups in total. The Kier molecular flexibility index (Phi) is 10.3. The van der Waals surface area contributed by atoms with Gasteiger partial charge in [-0.1, -0.05) is 36.4 Å².